The zero-order valence-electron chi connectivity index (χ0n) is 16.7. The summed E-state index contributed by atoms with van der Waals surface area (Å²) in [6.07, 6.45) is 19.0. The van der Waals surface area contributed by atoms with Crippen LogP contribution in [-0.2, 0) is 0 Å². The lowest BCUT2D eigenvalue weighted by molar-refractivity contribution is 0.0991. The van der Waals surface area contributed by atoms with Gasteiger partial charge in [-0.15, -0.1) is 0 Å². The largest absolute Gasteiger partial charge is 0.465 e. The molecule has 0 atom stereocenters. The fourth-order valence-corrected chi connectivity index (χ4v) is 3.14. The molecule has 0 bridgehead atoms. The molecule has 0 saturated heterocycles. The van der Waals surface area contributed by atoms with Crippen LogP contribution in [0.1, 0.15) is 100 Å². The van der Waals surface area contributed by atoms with E-state index in [2.05, 4.69) is 16.9 Å². The molecule has 0 saturated carbocycles. The Labute approximate surface area is 162 Å². The van der Waals surface area contributed by atoms with Crippen molar-refractivity contribution in [2.45, 2.75) is 84.0 Å². The molecule has 0 radical (unpaired) electrons. The molecule has 0 aliphatic rings. The molecule has 0 unspecified atom stereocenters. The van der Waals surface area contributed by atoms with Gasteiger partial charge in [0, 0.05) is 18.5 Å². The Balaban J connectivity index is 1.44. The van der Waals surface area contributed by atoms with E-state index in [1.807, 2.05) is 0 Å². The van der Waals surface area contributed by atoms with Crippen molar-refractivity contribution in [1.29, 1.82) is 0 Å². The third-order valence-corrected chi connectivity index (χ3v) is 4.76. The predicted molar refractivity (Wildman–Crippen MR) is 107 cm³/mol. The van der Waals surface area contributed by atoms with Crippen LogP contribution in [0.3, 0.4) is 0 Å². The number of furan rings is 1. The van der Waals surface area contributed by atoms with Crippen molar-refractivity contribution in [2.24, 2.45) is 0 Å². The maximum Gasteiger partial charge on any atom is 0.284 e. The Morgan fingerprint density at radius 2 is 1.59 bits per heavy atom. The van der Waals surface area contributed by atoms with Crippen molar-refractivity contribution in [3.05, 3.63) is 36.1 Å². The van der Waals surface area contributed by atoms with E-state index >= 15 is 0 Å². The SMILES string of the molecule is CCCCCCCCCCCCCCOc1ccc(C(=O)c2ncc[nH]2)o1. The molecule has 0 spiro atoms. The first-order chi connectivity index (χ1) is 13.3. The summed E-state index contributed by atoms with van der Waals surface area (Å²) in [5.41, 5.74) is 0. The van der Waals surface area contributed by atoms with Gasteiger partial charge in [0.2, 0.25) is 0 Å². The van der Waals surface area contributed by atoms with Crippen LogP contribution >= 0.6 is 0 Å². The van der Waals surface area contributed by atoms with Crippen molar-refractivity contribution in [3.63, 3.8) is 0 Å². The monoisotopic (exact) mass is 374 g/mol. The van der Waals surface area contributed by atoms with Gasteiger partial charge in [0.25, 0.3) is 11.7 Å². The van der Waals surface area contributed by atoms with E-state index in [9.17, 15) is 4.79 Å². The normalized spacial score (nSPS) is 11.0. The second-order valence-corrected chi connectivity index (χ2v) is 7.12. The van der Waals surface area contributed by atoms with E-state index < -0.39 is 0 Å². The van der Waals surface area contributed by atoms with Crippen LogP contribution in [0.5, 0.6) is 5.95 Å². The molecule has 5 heteroatoms. The number of carbonyl (C=O) groups excluding carboxylic acids is 1. The van der Waals surface area contributed by atoms with Gasteiger partial charge in [-0.2, -0.15) is 0 Å². The number of unbranched alkanes of at least 4 members (excludes halogenated alkanes) is 11. The molecule has 5 nitrogen and oxygen atoms in total. The Hall–Kier alpha value is -2.04. The fraction of sp³-hybridized carbons (Fsp3) is 0.636. The lowest BCUT2D eigenvalue weighted by Crippen LogP contribution is -2.01. The van der Waals surface area contributed by atoms with Crippen molar-refractivity contribution in [1.82, 2.24) is 9.97 Å². The maximum atomic E-state index is 12.1. The van der Waals surface area contributed by atoms with Crippen LogP contribution in [0.2, 0.25) is 0 Å². The van der Waals surface area contributed by atoms with E-state index in [0.29, 0.717) is 12.6 Å². The van der Waals surface area contributed by atoms with Crippen LogP contribution in [0.15, 0.2) is 28.9 Å². The average Bonchev–Trinajstić information content (AvgIpc) is 3.37. The fourth-order valence-electron chi connectivity index (χ4n) is 3.14. The van der Waals surface area contributed by atoms with E-state index in [-0.39, 0.29) is 17.4 Å². The molecule has 0 aliphatic carbocycles. The van der Waals surface area contributed by atoms with Gasteiger partial charge in [0.1, 0.15) is 0 Å². The second-order valence-electron chi connectivity index (χ2n) is 7.12. The van der Waals surface area contributed by atoms with Crippen molar-refractivity contribution < 1.29 is 13.9 Å². The standard InChI is InChI=1S/C22H34N2O3/c1-2-3-4-5-6-7-8-9-10-11-12-13-18-26-20-15-14-19(27-20)21(25)22-23-16-17-24-22/h14-17H,2-13,18H2,1H3,(H,23,24). The van der Waals surface area contributed by atoms with E-state index in [1.54, 1.807) is 24.5 Å². The first-order valence-electron chi connectivity index (χ1n) is 10.6. The number of aromatic nitrogens is 2. The smallest absolute Gasteiger partial charge is 0.284 e. The summed E-state index contributed by atoms with van der Waals surface area (Å²) in [6, 6.07) is 3.32. The highest BCUT2D eigenvalue weighted by atomic mass is 16.6. The molecule has 0 fully saturated rings. The Bertz CT molecular complexity index is 619. The number of imidazole rings is 1. The molecule has 2 aromatic heterocycles. The van der Waals surface area contributed by atoms with E-state index in [4.69, 9.17) is 9.15 Å². The summed E-state index contributed by atoms with van der Waals surface area (Å²) in [4.78, 5) is 18.8. The molecule has 0 aliphatic heterocycles. The summed E-state index contributed by atoms with van der Waals surface area (Å²) in [5.74, 6) is 0.652. The lowest BCUT2D eigenvalue weighted by atomic mass is 10.1. The molecule has 2 rings (SSSR count). The molecule has 27 heavy (non-hydrogen) atoms. The number of aromatic amines is 1. The highest BCUT2D eigenvalue weighted by Crippen LogP contribution is 2.18. The van der Waals surface area contributed by atoms with E-state index in [0.717, 1.165) is 6.42 Å². The molecule has 2 aromatic rings. The first kappa shape index (κ1) is 21.3. The van der Waals surface area contributed by atoms with Crippen molar-refractivity contribution in [3.8, 4) is 5.95 Å². The Morgan fingerprint density at radius 1 is 0.963 bits per heavy atom. The van der Waals surface area contributed by atoms with Crippen LogP contribution in [-0.4, -0.2) is 22.4 Å². The van der Waals surface area contributed by atoms with Crippen LogP contribution < -0.4 is 4.74 Å². The van der Waals surface area contributed by atoms with Crippen molar-refractivity contribution >= 4 is 5.78 Å². The molecule has 1 N–H and O–H groups in total. The summed E-state index contributed by atoms with van der Waals surface area (Å²) >= 11 is 0. The minimum atomic E-state index is -0.264. The van der Waals surface area contributed by atoms with Gasteiger partial charge < -0.3 is 14.1 Å². The Kier molecular flexibility index (Phi) is 10.4. The highest BCUT2D eigenvalue weighted by Gasteiger charge is 2.16. The molecular weight excluding hydrogens is 340 g/mol. The first-order valence-corrected chi connectivity index (χ1v) is 10.6. The van der Waals surface area contributed by atoms with Gasteiger partial charge in [-0.3, -0.25) is 4.79 Å². The van der Waals surface area contributed by atoms with Gasteiger partial charge in [-0.05, 0) is 12.5 Å². The van der Waals surface area contributed by atoms with E-state index in [1.165, 1.54) is 70.6 Å². The molecule has 150 valence electrons. The number of nitrogens with zero attached hydrogens (tertiary/aromatic N) is 1. The van der Waals surface area contributed by atoms with Gasteiger partial charge in [0.05, 0.1) is 6.61 Å². The average molecular weight is 375 g/mol. The van der Waals surface area contributed by atoms with Gasteiger partial charge >= 0.3 is 0 Å². The number of hydrogen-bond acceptors (Lipinski definition) is 4. The zero-order chi connectivity index (χ0) is 19.2. The lowest BCUT2D eigenvalue weighted by Gasteiger charge is -2.04. The van der Waals surface area contributed by atoms with Crippen LogP contribution in [0.25, 0.3) is 0 Å². The number of ketones is 1. The summed E-state index contributed by atoms with van der Waals surface area (Å²) < 4.78 is 11.0. The number of rotatable bonds is 16. The number of hydrogen-bond donors (Lipinski definition) is 1. The van der Waals surface area contributed by atoms with Gasteiger partial charge in [0.15, 0.2) is 11.6 Å². The number of nitrogens with one attached hydrogen (secondary N) is 1. The molecule has 0 aromatic carbocycles. The molecular formula is C22H34N2O3. The van der Waals surface area contributed by atoms with Crippen molar-refractivity contribution in [2.75, 3.05) is 6.61 Å². The number of carbonyl (C=O) groups is 1. The predicted octanol–water partition coefficient (Wildman–Crippen LogP) is 6.31. The van der Waals surface area contributed by atoms with Crippen LogP contribution in [0.4, 0.5) is 0 Å². The number of H-pyrrole nitrogens is 1. The summed E-state index contributed by atoms with van der Waals surface area (Å²) in [6.45, 7) is 2.89. The Morgan fingerprint density at radius 3 is 2.19 bits per heavy atom. The zero-order valence-corrected chi connectivity index (χ0v) is 16.7. The third-order valence-electron chi connectivity index (χ3n) is 4.76. The topological polar surface area (TPSA) is 68.1 Å². The minimum Gasteiger partial charge on any atom is -0.465 e. The summed E-state index contributed by atoms with van der Waals surface area (Å²) in [7, 11) is 0. The second kappa shape index (κ2) is 13.2. The van der Waals surface area contributed by atoms with Gasteiger partial charge in [-0.1, -0.05) is 77.6 Å². The van der Waals surface area contributed by atoms with Gasteiger partial charge in [-0.25, -0.2) is 4.98 Å². The highest BCUT2D eigenvalue weighted by molar-refractivity contribution is 6.04. The van der Waals surface area contributed by atoms with Crippen LogP contribution in [0, 0.1) is 0 Å². The quantitative estimate of drug-likeness (QED) is 0.276. The molecule has 0 amide bonds. The number of ether oxygens (including phenoxy) is 1. The maximum absolute atomic E-state index is 12.1. The molecule has 2 heterocycles. The minimum absolute atomic E-state index is 0.245. The third kappa shape index (κ3) is 8.46. The summed E-state index contributed by atoms with van der Waals surface area (Å²) in [5, 5.41) is 0.